The van der Waals surface area contributed by atoms with Gasteiger partial charge in [-0.15, -0.1) is 0 Å². The van der Waals surface area contributed by atoms with Crippen molar-refractivity contribution in [3.05, 3.63) is 12.2 Å². The van der Waals surface area contributed by atoms with Crippen LogP contribution >= 0.6 is 0 Å². The van der Waals surface area contributed by atoms with E-state index in [0.29, 0.717) is 11.5 Å². The van der Waals surface area contributed by atoms with Gasteiger partial charge in [-0.2, -0.15) is 0 Å². The maximum Gasteiger partial charge on any atom is 0.0152 e. The first-order valence-electron chi connectivity index (χ1n) is 5.31. The van der Waals surface area contributed by atoms with Gasteiger partial charge in [0.2, 0.25) is 0 Å². The first-order chi connectivity index (χ1) is 5.97. The lowest BCUT2D eigenvalue weighted by Gasteiger charge is -2.33. The predicted molar refractivity (Wildman–Crippen MR) is 61.0 cm³/mol. The molecular weight excluding hydrogens is 158 g/mol. The fraction of sp³-hybridized carbons (Fsp3) is 0.833. The highest BCUT2D eigenvalue weighted by Crippen LogP contribution is 2.28. The lowest BCUT2D eigenvalue weighted by molar-refractivity contribution is 0.239. The van der Waals surface area contributed by atoms with Crippen molar-refractivity contribution in [1.82, 2.24) is 5.32 Å². The summed E-state index contributed by atoms with van der Waals surface area (Å²) in [4.78, 5) is 0. The predicted octanol–water partition coefficient (Wildman–Crippen LogP) is 3.37. The number of nitrogens with one attached hydrogen (secondary N) is 1. The molecule has 1 atom stereocenters. The third-order valence-corrected chi connectivity index (χ3v) is 3.20. The van der Waals surface area contributed by atoms with E-state index in [-0.39, 0.29) is 0 Å². The summed E-state index contributed by atoms with van der Waals surface area (Å²) in [6, 6.07) is 0.560. The molecule has 0 aliphatic carbocycles. The van der Waals surface area contributed by atoms with E-state index in [4.69, 9.17) is 0 Å². The summed E-state index contributed by atoms with van der Waals surface area (Å²) < 4.78 is 0. The molecule has 0 fully saturated rings. The average Bonchev–Trinajstić information content (AvgIpc) is 2.13. The largest absolute Gasteiger partial charge is 0.316 e. The fourth-order valence-corrected chi connectivity index (χ4v) is 1.45. The molecule has 0 heterocycles. The highest BCUT2D eigenvalue weighted by Gasteiger charge is 2.26. The molecule has 0 amide bonds. The molecule has 0 aliphatic rings. The molecule has 0 spiro atoms. The normalized spacial score (nSPS) is 14.2. The molecule has 1 heteroatoms. The Hall–Kier alpha value is -0.300. The van der Waals surface area contributed by atoms with Crippen molar-refractivity contribution in [2.75, 3.05) is 7.05 Å². The summed E-state index contributed by atoms with van der Waals surface area (Å²) in [6.45, 7) is 13.1. The smallest absolute Gasteiger partial charge is 0.0152 e. The zero-order chi connectivity index (χ0) is 10.5. The van der Waals surface area contributed by atoms with E-state index < -0.39 is 0 Å². The molecule has 1 nitrogen and oxygen atoms in total. The van der Waals surface area contributed by atoms with Crippen LogP contribution in [0.1, 0.15) is 47.0 Å². The standard InChI is InChI=1S/C12H25N/c1-7-10(3)9-11(13-6)12(4,5)8-2/h11,13H,3,7-9H2,1-2,4-6H3. The molecule has 1 N–H and O–H groups in total. The Morgan fingerprint density at radius 3 is 2.23 bits per heavy atom. The lowest BCUT2D eigenvalue weighted by atomic mass is 9.79. The Kier molecular flexibility index (Phi) is 5.31. The second kappa shape index (κ2) is 5.43. The van der Waals surface area contributed by atoms with Crippen LogP contribution in [0.5, 0.6) is 0 Å². The second-order valence-corrected chi connectivity index (χ2v) is 4.49. The third-order valence-electron chi connectivity index (χ3n) is 3.20. The van der Waals surface area contributed by atoms with Crippen molar-refractivity contribution >= 4 is 0 Å². The molecule has 0 aromatic heterocycles. The van der Waals surface area contributed by atoms with Crippen molar-refractivity contribution in [3.63, 3.8) is 0 Å². The van der Waals surface area contributed by atoms with Gasteiger partial charge in [0.1, 0.15) is 0 Å². The summed E-state index contributed by atoms with van der Waals surface area (Å²) in [7, 11) is 2.05. The first kappa shape index (κ1) is 12.7. The molecule has 0 radical (unpaired) electrons. The van der Waals surface area contributed by atoms with Gasteiger partial charge in [-0.1, -0.05) is 39.8 Å². The van der Waals surface area contributed by atoms with Crippen LogP contribution in [0.15, 0.2) is 12.2 Å². The molecule has 1 unspecified atom stereocenters. The Morgan fingerprint density at radius 2 is 1.92 bits per heavy atom. The maximum absolute atomic E-state index is 4.07. The second-order valence-electron chi connectivity index (χ2n) is 4.49. The summed E-state index contributed by atoms with van der Waals surface area (Å²) in [6.07, 6.45) is 3.40. The van der Waals surface area contributed by atoms with E-state index >= 15 is 0 Å². The summed E-state index contributed by atoms with van der Waals surface area (Å²) in [5, 5.41) is 3.40. The van der Waals surface area contributed by atoms with Crippen molar-refractivity contribution in [1.29, 1.82) is 0 Å². The molecule has 0 aliphatic heterocycles. The van der Waals surface area contributed by atoms with Crippen LogP contribution < -0.4 is 5.32 Å². The Morgan fingerprint density at radius 1 is 1.38 bits per heavy atom. The SMILES string of the molecule is C=C(CC)CC(NC)C(C)(C)CC. The van der Waals surface area contributed by atoms with Gasteiger partial charge >= 0.3 is 0 Å². The summed E-state index contributed by atoms with van der Waals surface area (Å²) in [5.74, 6) is 0. The van der Waals surface area contributed by atoms with Crippen LogP contribution in [0.4, 0.5) is 0 Å². The van der Waals surface area contributed by atoms with Crippen LogP contribution in [0.3, 0.4) is 0 Å². The van der Waals surface area contributed by atoms with Gasteiger partial charge in [0.25, 0.3) is 0 Å². The van der Waals surface area contributed by atoms with Crippen molar-refractivity contribution in [2.45, 2.75) is 53.0 Å². The van der Waals surface area contributed by atoms with Crippen LogP contribution in [-0.2, 0) is 0 Å². The minimum absolute atomic E-state index is 0.368. The zero-order valence-electron chi connectivity index (χ0n) is 9.91. The topological polar surface area (TPSA) is 12.0 Å². The quantitative estimate of drug-likeness (QED) is 0.623. The van der Waals surface area contributed by atoms with Gasteiger partial charge in [0, 0.05) is 6.04 Å². The summed E-state index contributed by atoms with van der Waals surface area (Å²) in [5.41, 5.74) is 1.72. The van der Waals surface area contributed by atoms with E-state index in [0.717, 1.165) is 12.8 Å². The molecule has 0 rings (SSSR count). The highest BCUT2D eigenvalue weighted by atomic mass is 14.9. The van der Waals surface area contributed by atoms with Crippen molar-refractivity contribution < 1.29 is 0 Å². The van der Waals surface area contributed by atoms with Gasteiger partial charge in [-0.25, -0.2) is 0 Å². The van der Waals surface area contributed by atoms with Gasteiger partial charge in [-0.3, -0.25) is 0 Å². The highest BCUT2D eigenvalue weighted by molar-refractivity contribution is 4.99. The lowest BCUT2D eigenvalue weighted by Crippen LogP contribution is -2.39. The number of rotatable bonds is 6. The fourth-order valence-electron chi connectivity index (χ4n) is 1.45. The maximum atomic E-state index is 4.07. The zero-order valence-corrected chi connectivity index (χ0v) is 9.91. The van der Waals surface area contributed by atoms with E-state index in [1.807, 2.05) is 7.05 Å². The molecule has 0 aromatic rings. The van der Waals surface area contributed by atoms with Gasteiger partial charge in [0.05, 0.1) is 0 Å². The van der Waals surface area contributed by atoms with Crippen LogP contribution in [0.25, 0.3) is 0 Å². The summed E-state index contributed by atoms with van der Waals surface area (Å²) >= 11 is 0. The average molecular weight is 183 g/mol. The van der Waals surface area contributed by atoms with Gasteiger partial charge in [0.15, 0.2) is 0 Å². The monoisotopic (exact) mass is 183 g/mol. The van der Waals surface area contributed by atoms with Crippen molar-refractivity contribution in [2.24, 2.45) is 5.41 Å². The van der Waals surface area contributed by atoms with Gasteiger partial charge < -0.3 is 5.32 Å². The van der Waals surface area contributed by atoms with Crippen LogP contribution in [-0.4, -0.2) is 13.1 Å². The molecular formula is C12H25N. The first-order valence-corrected chi connectivity index (χ1v) is 5.31. The van der Waals surface area contributed by atoms with Gasteiger partial charge in [-0.05, 0) is 31.7 Å². The van der Waals surface area contributed by atoms with Crippen LogP contribution in [0.2, 0.25) is 0 Å². The molecule has 0 saturated carbocycles. The van der Waals surface area contributed by atoms with Crippen molar-refractivity contribution in [3.8, 4) is 0 Å². The molecule has 78 valence electrons. The van der Waals surface area contributed by atoms with Crippen LogP contribution in [0, 0.1) is 5.41 Å². The molecule has 0 aromatic carbocycles. The van der Waals surface area contributed by atoms with E-state index in [9.17, 15) is 0 Å². The molecule has 0 saturated heterocycles. The number of hydrogen-bond donors (Lipinski definition) is 1. The Labute approximate surface area is 83.6 Å². The molecule has 0 bridgehead atoms. The van der Waals surface area contributed by atoms with E-state index in [2.05, 4.69) is 39.6 Å². The minimum atomic E-state index is 0.368. The molecule has 13 heavy (non-hydrogen) atoms. The van der Waals surface area contributed by atoms with E-state index in [1.165, 1.54) is 12.0 Å². The number of hydrogen-bond acceptors (Lipinski definition) is 1. The van der Waals surface area contributed by atoms with E-state index in [1.54, 1.807) is 0 Å². The Bertz CT molecular complexity index is 159. The third kappa shape index (κ3) is 3.95. The Balaban J connectivity index is 4.25. The minimum Gasteiger partial charge on any atom is -0.316 e.